The van der Waals surface area contributed by atoms with Crippen LogP contribution < -0.4 is 5.73 Å². The normalized spacial score (nSPS) is 14.5. The Balaban J connectivity index is 3.06. The third-order valence-corrected chi connectivity index (χ3v) is 2.34. The lowest BCUT2D eigenvalue weighted by molar-refractivity contribution is 0.0126. The SMILES string of the molecule is NCCC(O)C(O)c1c(F)cccc1C=O. The van der Waals surface area contributed by atoms with Crippen LogP contribution in [0.1, 0.15) is 28.4 Å². The molecule has 1 rings (SSSR count). The van der Waals surface area contributed by atoms with Gasteiger partial charge in [-0.15, -0.1) is 0 Å². The molecule has 16 heavy (non-hydrogen) atoms. The van der Waals surface area contributed by atoms with Gasteiger partial charge < -0.3 is 15.9 Å². The van der Waals surface area contributed by atoms with Gasteiger partial charge in [0, 0.05) is 11.1 Å². The maximum absolute atomic E-state index is 13.4. The van der Waals surface area contributed by atoms with Crippen molar-refractivity contribution < 1.29 is 19.4 Å². The molecule has 0 aromatic heterocycles. The topological polar surface area (TPSA) is 83.6 Å². The Bertz CT molecular complexity index is 370. The van der Waals surface area contributed by atoms with Crippen molar-refractivity contribution in [2.24, 2.45) is 5.73 Å². The van der Waals surface area contributed by atoms with E-state index in [1.54, 1.807) is 0 Å². The predicted molar refractivity (Wildman–Crippen MR) is 56.4 cm³/mol. The van der Waals surface area contributed by atoms with Crippen LogP contribution in [0, 0.1) is 5.82 Å². The molecular formula is C11H14FNO3. The second-order valence-electron chi connectivity index (χ2n) is 3.45. The number of carbonyl (C=O) groups is 1. The lowest BCUT2D eigenvalue weighted by atomic mass is 9.97. The molecule has 2 unspecified atom stereocenters. The van der Waals surface area contributed by atoms with Crippen LogP contribution in [0.2, 0.25) is 0 Å². The molecule has 4 N–H and O–H groups in total. The van der Waals surface area contributed by atoms with Gasteiger partial charge in [-0.1, -0.05) is 12.1 Å². The first-order chi connectivity index (χ1) is 7.61. The molecule has 0 aliphatic carbocycles. The fourth-order valence-electron chi connectivity index (χ4n) is 1.49. The van der Waals surface area contributed by atoms with E-state index in [0.717, 1.165) is 6.07 Å². The quantitative estimate of drug-likeness (QED) is 0.635. The minimum Gasteiger partial charge on any atom is -0.390 e. The Kier molecular flexibility index (Phi) is 4.54. The monoisotopic (exact) mass is 227 g/mol. The molecule has 0 bridgehead atoms. The van der Waals surface area contributed by atoms with Crippen molar-refractivity contribution in [3.63, 3.8) is 0 Å². The van der Waals surface area contributed by atoms with Gasteiger partial charge >= 0.3 is 0 Å². The van der Waals surface area contributed by atoms with E-state index in [-0.39, 0.29) is 24.1 Å². The molecule has 0 aliphatic heterocycles. The van der Waals surface area contributed by atoms with E-state index in [1.165, 1.54) is 12.1 Å². The number of rotatable bonds is 5. The highest BCUT2D eigenvalue weighted by molar-refractivity contribution is 5.77. The Hall–Kier alpha value is -1.30. The summed E-state index contributed by atoms with van der Waals surface area (Å²) in [7, 11) is 0. The van der Waals surface area contributed by atoms with E-state index in [0.29, 0.717) is 6.29 Å². The number of nitrogens with two attached hydrogens (primary N) is 1. The zero-order valence-electron chi connectivity index (χ0n) is 8.64. The lowest BCUT2D eigenvalue weighted by Gasteiger charge is -2.19. The molecule has 0 radical (unpaired) electrons. The average molecular weight is 227 g/mol. The summed E-state index contributed by atoms with van der Waals surface area (Å²) in [6.45, 7) is 0.170. The molecule has 0 amide bonds. The highest BCUT2D eigenvalue weighted by atomic mass is 19.1. The third-order valence-electron chi connectivity index (χ3n) is 2.34. The van der Waals surface area contributed by atoms with E-state index in [2.05, 4.69) is 0 Å². The number of hydrogen-bond donors (Lipinski definition) is 3. The first kappa shape index (κ1) is 12.8. The number of carbonyl (C=O) groups excluding carboxylic acids is 1. The maximum Gasteiger partial charge on any atom is 0.150 e. The maximum atomic E-state index is 13.4. The van der Waals surface area contributed by atoms with E-state index in [4.69, 9.17) is 5.73 Å². The fraction of sp³-hybridized carbons (Fsp3) is 0.364. The first-order valence-electron chi connectivity index (χ1n) is 4.91. The lowest BCUT2D eigenvalue weighted by Crippen LogP contribution is -2.23. The second-order valence-corrected chi connectivity index (χ2v) is 3.45. The summed E-state index contributed by atoms with van der Waals surface area (Å²) in [4.78, 5) is 10.7. The molecule has 0 saturated heterocycles. The van der Waals surface area contributed by atoms with Crippen molar-refractivity contribution in [2.45, 2.75) is 18.6 Å². The van der Waals surface area contributed by atoms with Crippen LogP contribution in [0.15, 0.2) is 18.2 Å². The van der Waals surface area contributed by atoms with E-state index in [9.17, 15) is 19.4 Å². The summed E-state index contributed by atoms with van der Waals surface area (Å²) in [5.74, 6) is -0.715. The van der Waals surface area contributed by atoms with Crippen molar-refractivity contribution in [3.05, 3.63) is 35.1 Å². The molecule has 0 spiro atoms. The third kappa shape index (κ3) is 2.63. The Labute approximate surface area is 92.5 Å². The number of benzene rings is 1. The minimum absolute atomic E-state index is 0.0311. The van der Waals surface area contributed by atoms with Gasteiger partial charge in [0.15, 0.2) is 6.29 Å². The number of halogens is 1. The van der Waals surface area contributed by atoms with E-state index >= 15 is 0 Å². The second kappa shape index (κ2) is 5.69. The number of aliphatic hydroxyl groups is 2. The van der Waals surface area contributed by atoms with Gasteiger partial charge in [0.1, 0.15) is 11.9 Å². The molecule has 0 fully saturated rings. The summed E-state index contributed by atoms with van der Waals surface area (Å²) < 4.78 is 13.4. The Morgan fingerprint density at radius 3 is 2.69 bits per heavy atom. The van der Waals surface area contributed by atoms with Gasteiger partial charge in [-0.05, 0) is 19.0 Å². The van der Waals surface area contributed by atoms with Crippen LogP contribution in [0.5, 0.6) is 0 Å². The van der Waals surface area contributed by atoms with Crippen LogP contribution in [-0.2, 0) is 0 Å². The molecule has 1 aromatic carbocycles. The summed E-state index contributed by atoms with van der Waals surface area (Å²) in [6.07, 6.45) is -2.05. The molecule has 2 atom stereocenters. The summed E-state index contributed by atoms with van der Waals surface area (Å²) in [5, 5.41) is 19.2. The van der Waals surface area contributed by atoms with Gasteiger partial charge in [-0.3, -0.25) is 4.79 Å². The van der Waals surface area contributed by atoms with Crippen molar-refractivity contribution in [2.75, 3.05) is 6.54 Å². The van der Waals surface area contributed by atoms with Crippen LogP contribution >= 0.6 is 0 Å². The minimum atomic E-state index is -1.44. The van der Waals surface area contributed by atoms with Crippen molar-refractivity contribution >= 4 is 6.29 Å². The van der Waals surface area contributed by atoms with Crippen LogP contribution in [0.25, 0.3) is 0 Å². The standard InChI is InChI=1S/C11H14FNO3/c12-8-3-1-2-7(6-14)10(8)11(16)9(15)4-5-13/h1-3,6,9,11,15-16H,4-5,13H2. The Morgan fingerprint density at radius 1 is 1.44 bits per heavy atom. The predicted octanol–water partition coefficient (Wildman–Crippen LogP) is 0.381. The highest BCUT2D eigenvalue weighted by Crippen LogP contribution is 2.24. The largest absolute Gasteiger partial charge is 0.390 e. The molecule has 4 nitrogen and oxygen atoms in total. The van der Waals surface area contributed by atoms with Gasteiger partial charge in [0.05, 0.1) is 6.10 Å². The van der Waals surface area contributed by atoms with E-state index in [1.807, 2.05) is 0 Å². The van der Waals surface area contributed by atoms with Crippen LogP contribution in [0.4, 0.5) is 4.39 Å². The molecule has 0 heterocycles. The van der Waals surface area contributed by atoms with Crippen LogP contribution in [0.3, 0.4) is 0 Å². The molecular weight excluding hydrogens is 213 g/mol. The number of aliphatic hydroxyl groups excluding tert-OH is 2. The fourth-order valence-corrected chi connectivity index (χ4v) is 1.49. The summed E-state index contributed by atoms with van der Waals surface area (Å²) in [6, 6.07) is 3.87. The highest BCUT2D eigenvalue weighted by Gasteiger charge is 2.23. The summed E-state index contributed by atoms with van der Waals surface area (Å²) >= 11 is 0. The Morgan fingerprint density at radius 2 is 2.12 bits per heavy atom. The zero-order chi connectivity index (χ0) is 12.1. The number of hydrogen-bond acceptors (Lipinski definition) is 4. The van der Waals surface area contributed by atoms with Gasteiger partial charge in [0.2, 0.25) is 0 Å². The smallest absolute Gasteiger partial charge is 0.150 e. The van der Waals surface area contributed by atoms with Gasteiger partial charge in [0.25, 0.3) is 0 Å². The first-order valence-corrected chi connectivity index (χ1v) is 4.91. The van der Waals surface area contributed by atoms with E-state index < -0.39 is 18.0 Å². The molecule has 0 aliphatic rings. The molecule has 88 valence electrons. The van der Waals surface area contributed by atoms with Crippen molar-refractivity contribution in [1.29, 1.82) is 0 Å². The number of aldehydes is 1. The van der Waals surface area contributed by atoms with Gasteiger partial charge in [-0.2, -0.15) is 0 Å². The van der Waals surface area contributed by atoms with Crippen LogP contribution in [-0.4, -0.2) is 29.1 Å². The molecule has 5 heteroatoms. The summed E-state index contributed by atoms with van der Waals surface area (Å²) in [5.41, 5.74) is 5.07. The zero-order valence-corrected chi connectivity index (χ0v) is 8.64. The average Bonchev–Trinajstić information content (AvgIpc) is 2.28. The van der Waals surface area contributed by atoms with Crippen molar-refractivity contribution in [3.8, 4) is 0 Å². The molecule has 1 aromatic rings. The molecule has 0 saturated carbocycles. The van der Waals surface area contributed by atoms with Gasteiger partial charge in [-0.25, -0.2) is 4.39 Å². The van der Waals surface area contributed by atoms with Crippen molar-refractivity contribution in [1.82, 2.24) is 0 Å².